The van der Waals surface area contributed by atoms with Gasteiger partial charge >= 0.3 is 16.3 Å². The predicted molar refractivity (Wildman–Crippen MR) is 171 cm³/mol. The molecule has 3 aliphatic heterocycles. The molecule has 4 amide bonds. The number of nitrogens with zero attached hydrogens (tertiary/aromatic N) is 3. The van der Waals surface area contributed by atoms with Crippen molar-refractivity contribution in [1.29, 1.82) is 0 Å². The van der Waals surface area contributed by atoms with E-state index in [0.29, 0.717) is 18.4 Å². The number of amides is 4. The van der Waals surface area contributed by atoms with Gasteiger partial charge in [-0.3, -0.25) is 19.3 Å². The summed E-state index contributed by atoms with van der Waals surface area (Å²) in [4.78, 5) is 56.2. The molecule has 1 aromatic carbocycles. The molecule has 12 nitrogen and oxygen atoms in total. The molecule has 0 radical (unpaired) electrons. The molecule has 47 heavy (non-hydrogen) atoms. The van der Waals surface area contributed by atoms with Crippen molar-refractivity contribution in [3.8, 4) is 0 Å². The third-order valence-corrected chi connectivity index (χ3v) is 11.8. The summed E-state index contributed by atoms with van der Waals surface area (Å²) in [6.07, 6.45) is 8.76. The fourth-order valence-electron chi connectivity index (χ4n) is 7.51. The average molecular weight is 676 g/mol. The summed E-state index contributed by atoms with van der Waals surface area (Å²) < 4.78 is 44.1. The number of carboxylic acid groups (broad SMARTS) is 1. The standard InChI is InChI=1S/C33H46FN5O7S/c1-3-23-19-33(23)31(42)36-47(45,46)37(2)17-12-10-8-6-4-5-7-9-11-16-28(40)38-20-22(18-27(38)30(41)35-33)29-24-14-13-15-26(34)25(24)21-39(29)32(43)44/h3,13-15,22-23,27,29H,1,4-12,16-21H2,2H3,(H,35,41)(H,36,42)(H,43,44)/t22-,23-,27+,29-,33?/m1/s1. The summed E-state index contributed by atoms with van der Waals surface area (Å²) in [6, 6.07) is 2.67. The first-order valence-corrected chi connectivity index (χ1v) is 18.1. The SMILES string of the molecule is C=C[C@@H]1CC12NC(=O)[C@@H]1C[C@@H]([C@@H]3c4cccc(F)c4CN3C(=O)O)CN1C(=O)CCCCCCCCCCCN(C)S(=O)(=O)NC2=O. The third-order valence-electron chi connectivity index (χ3n) is 10.3. The molecule has 0 bridgehead atoms. The number of fused-ring (bicyclic) bond motifs is 2. The van der Waals surface area contributed by atoms with Crippen molar-refractivity contribution in [3.05, 3.63) is 47.8 Å². The Labute approximate surface area is 275 Å². The van der Waals surface area contributed by atoms with E-state index >= 15 is 0 Å². The molecule has 3 N–H and O–H groups in total. The number of hydrogen-bond donors (Lipinski definition) is 3. The van der Waals surface area contributed by atoms with Crippen molar-refractivity contribution in [2.75, 3.05) is 20.1 Å². The lowest BCUT2D eigenvalue weighted by atomic mass is 9.90. The van der Waals surface area contributed by atoms with Gasteiger partial charge in [0.2, 0.25) is 11.8 Å². The van der Waals surface area contributed by atoms with Crippen molar-refractivity contribution in [2.24, 2.45) is 11.8 Å². The van der Waals surface area contributed by atoms with Crippen LogP contribution in [0.5, 0.6) is 0 Å². The van der Waals surface area contributed by atoms with Crippen LogP contribution in [-0.2, 0) is 31.1 Å². The summed E-state index contributed by atoms with van der Waals surface area (Å²) in [5, 5.41) is 12.8. The number of carbonyl (C=O) groups is 4. The zero-order chi connectivity index (χ0) is 33.9. The van der Waals surface area contributed by atoms with E-state index in [2.05, 4.69) is 16.6 Å². The monoisotopic (exact) mass is 675 g/mol. The molecule has 1 aromatic rings. The summed E-state index contributed by atoms with van der Waals surface area (Å²) >= 11 is 0. The lowest BCUT2D eigenvalue weighted by molar-refractivity contribution is -0.139. The zero-order valence-electron chi connectivity index (χ0n) is 27.0. The molecule has 0 aromatic heterocycles. The van der Waals surface area contributed by atoms with E-state index in [1.807, 2.05) is 0 Å². The van der Waals surface area contributed by atoms with Crippen molar-refractivity contribution < 1.29 is 37.1 Å². The Morgan fingerprint density at radius 1 is 1.06 bits per heavy atom. The molecule has 3 heterocycles. The van der Waals surface area contributed by atoms with Gasteiger partial charge in [-0.1, -0.05) is 63.2 Å². The maximum absolute atomic E-state index is 14.8. The summed E-state index contributed by atoms with van der Waals surface area (Å²) in [5.74, 6) is -3.32. The number of nitrogens with one attached hydrogen (secondary N) is 2. The number of hydrogen-bond acceptors (Lipinski definition) is 6. The van der Waals surface area contributed by atoms with Crippen molar-refractivity contribution in [2.45, 2.75) is 101 Å². The maximum Gasteiger partial charge on any atom is 0.408 e. The second kappa shape index (κ2) is 14.3. The van der Waals surface area contributed by atoms with Crippen molar-refractivity contribution in [1.82, 2.24) is 24.1 Å². The average Bonchev–Trinajstić information content (AvgIpc) is 3.35. The zero-order valence-corrected chi connectivity index (χ0v) is 27.8. The van der Waals surface area contributed by atoms with Gasteiger partial charge < -0.3 is 15.3 Å². The molecule has 258 valence electrons. The topological polar surface area (TPSA) is 156 Å². The predicted octanol–water partition coefficient (Wildman–Crippen LogP) is 3.85. The van der Waals surface area contributed by atoms with E-state index in [-0.39, 0.29) is 50.4 Å². The summed E-state index contributed by atoms with van der Waals surface area (Å²) in [7, 11) is -2.78. The first kappa shape index (κ1) is 34.8. The summed E-state index contributed by atoms with van der Waals surface area (Å²) in [6.45, 7) is 3.93. The van der Waals surface area contributed by atoms with Crippen LogP contribution in [0.4, 0.5) is 9.18 Å². The van der Waals surface area contributed by atoms with Gasteiger partial charge in [0.1, 0.15) is 17.4 Å². The van der Waals surface area contributed by atoms with Crippen LogP contribution >= 0.6 is 0 Å². The minimum atomic E-state index is -4.18. The van der Waals surface area contributed by atoms with E-state index in [1.54, 1.807) is 6.07 Å². The minimum absolute atomic E-state index is 0.0740. The largest absolute Gasteiger partial charge is 0.465 e. The van der Waals surface area contributed by atoms with Crippen LogP contribution in [0.3, 0.4) is 0 Å². The van der Waals surface area contributed by atoms with E-state index in [0.717, 1.165) is 54.2 Å². The van der Waals surface area contributed by atoms with Gasteiger partial charge in [-0.25, -0.2) is 13.9 Å². The molecular formula is C33H46FN5O7S. The highest BCUT2D eigenvalue weighted by Crippen LogP contribution is 2.47. The van der Waals surface area contributed by atoms with E-state index in [1.165, 1.54) is 30.2 Å². The van der Waals surface area contributed by atoms with Crippen LogP contribution < -0.4 is 10.0 Å². The smallest absolute Gasteiger partial charge is 0.408 e. The fourth-order valence-corrected chi connectivity index (χ4v) is 8.45. The third kappa shape index (κ3) is 7.33. The number of halogens is 1. The Balaban J connectivity index is 1.42. The first-order chi connectivity index (χ1) is 22.4. The van der Waals surface area contributed by atoms with Gasteiger partial charge in [0.05, 0.1) is 12.6 Å². The first-order valence-electron chi connectivity index (χ1n) is 16.7. The highest BCUT2D eigenvalue weighted by Gasteiger charge is 2.61. The van der Waals surface area contributed by atoms with Gasteiger partial charge in [-0.2, -0.15) is 12.7 Å². The maximum atomic E-state index is 14.8. The normalized spacial score (nSPS) is 31.3. The van der Waals surface area contributed by atoms with Gasteiger partial charge in [0, 0.05) is 44.0 Å². The molecular weight excluding hydrogens is 629 g/mol. The highest BCUT2D eigenvalue weighted by molar-refractivity contribution is 7.87. The van der Waals surface area contributed by atoms with Crippen LogP contribution in [0.25, 0.3) is 0 Å². The van der Waals surface area contributed by atoms with Crippen LogP contribution in [0, 0.1) is 17.7 Å². The lowest BCUT2D eigenvalue weighted by Gasteiger charge is -2.28. The molecule has 3 fully saturated rings. The minimum Gasteiger partial charge on any atom is -0.465 e. The van der Waals surface area contributed by atoms with Crippen molar-refractivity contribution >= 4 is 34.0 Å². The number of carbonyl (C=O) groups excluding carboxylic acids is 3. The van der Waals surface area contributed by atoms with Gasteiger partial charge in [-0.05, 0) is 37.3 Å². The Kier molecular flexibility index (Phi) is 10.6. The van der Waals surface area contributed by atoms with Crippen LogP contribution in [0.2, 0.25) is 0 Å². The molecule has 5 atom stereocenters. The van der Waals surface area contributed by atoms with Crippen LogP contribution in [-0.4, -0.2) is 83.2 Å². The van der Waals surface area contributed by atoms with Gasteiger partial charge in [0.15, 0.2) is 0 Å². The van der Waals surface area contributed by atoms with Crippen LogP contribution in [0.1, 0.15) is 94.2 Å². The quantitative estimate of drug-likeness (QED) is 0.402. The van der Waals surface area contributed by atoms with E-state index in [4.69, 9.17) is 0 Å². The Morgan fingerprint density at radius 3 is 2.36 bits per heavy atom. The van der Waals surface area contributed by atoms with Crippen LogP contribution in [0.15, 0.2) is 30.9 Å². The van der Waals surface area contributed by atoms with Gasteiger partial charge in [-0.15, -0.1) is 6.58 Å². The van der Waals surface area contributed by atoms with E-state index in [9.17, 15) is 37.1 Å². The molecule has 5 rings (SSSR count). The Hall–Kier alpha value is -3.52. The molecule has 1 aliphatic carbocycles. The molecule has 1 spiro atoms. The molecule has 1 unspecified atom stereocenters. The molecule has 4 aliphatic rings. The molecule has 14 heteroatoms. The fraction of sp³-hybridized carbons (Fsp3) is 0.636. The number of benzene rings is 1. The lowest BCUT2D eigenvalue weighted by Crippen LogP contribution is -2.57. The highest BCUT2D eigenvalue weighted by atomic mass is 32.2. The second-order valence-corrected chi connectivity index (χ2v) is 15.2. The van der Waals surface area contributed by atoms with E-state index < -0.39 is 63.4 Å². The molecule has 1 saturated carbocycles. The number of rotatable bonds is 2. The Morgan fingerprint density at radius 2 is 1.72 bits per heavy atom. The van der Waals surface area contributed by atoms with Crippen molar-refractivity contribution in [3.63, 3.8) is 0 Å². The second-order valence-electron chi connectivity index (χ2n) is 13.4. The summed E-state index contributed by atoms with van der Waals surface area (Å²) in [5.41, 5.74) is -0.772. The molecule has 2 saturated heterocycles. The Bertz CT molecular complexity index is 1510. The van der Waals surface area contributed by atoms with Gasteiger partial charge in [0.25, 0.3) is 5.91 Å².